The fourth-order valence-corrected chi connectivity index (χ4v) is 2.56. The molecule has 130 valence electrons. The number of carbonyl (C=O) groups excluding carboxylic acids is 1. The second-order valence-electron chi connectivity index (χ2n) is 5.33. The van der Waals surface area contributed by atoms with Crippen molar-refractivity contribution in [2.45, 2.75) is 32.6 Å². The van der Waals surface area contributed by atoms with E-state index in [1.54, 1.807) is 7.05 Å². The van der Waals surface area contributed by atoms with E-state index in [0.29, 0.717) is 12.3 Å². The summed E-state index contributed by atoms with van der Waals surface area (Å²) < 4.78 is 5.32. The van der Waals surface area contributed by atoms with Crippen molar-refractivity contribution in [3.05, 3.63) is 0 Å². The fraction of sp³-hybridized carbons (Fsp3) is 0.867. The third kappa shape index (κ3) is 8.17. The number of aliphatic imine (C=N–C) groups is 1. The highest BCUT2D eigenvalue weighted by Crippen LogP contribution is 2.20. The lowest BCUT2D eigenvalue weighted by Gasteiger charge is -2.34. The normalized spacial score (nSPS) is 16.1. The first-order chi connectivity index (χ1) is 10.2. The molecule has 0 unspecified atom stereocenters. The van der Waals surface area contributed by atoms with E-state index in [1.807, 2.05) is 14.0 Å². The Morgan fingerprint density at radius 3 is 2.59 bits per heavy atom. The molecule has 1 saturated heterocycles. The summed E-state index contributed by atoms with van der Waals surface area (Å²) in [4.78, 5) is 18.0. The Hall–Kier alpha value is -0.570. The van der Waals surface area contributed by atoms with E-state index in [-0.39, 0.29) is 29.9 Å². The summed E-state index contributed by atoms with van der Waals surface area (Å²) in [6.45, 7) is 6.38. The van der Waals surface area contributed by atoms with Gasteiger partial charge in [-0.05, 0) is 32.1 Å². The molecule has 7 heteroatoms. The molecule has 6 nitrogen and oxygen atoms in total. The zero-order chi connectivity index (χ0) is 15.5. The van der Waals surface area contributed by atoms with Gasteiger partial charge < -0.3 is 20.3 Å². The molecule has 0 aliphatic carbocycles. The van der Waals surface area contributed by atoms with Crippen LogP contribution < -0.4 is 10.6 Å². The van der Waals surface area contributed by atoms with Gasteiger partial charge in [0.15, 0.2) is 5.96 Å². The minimum absolute atomic E-state index is 0. The number of halogens is 1. The quantitative estimate of drug-likeness (QED) is 0.280. The molecule has 0 aromatic heterocycles. The first-order valence-corrected chi connectivity index (χ1v) is 7.95. The number of amides is 1. The van der Waals surface area contributed by atoms with Crippen LogP contribution in [0.5, 0.6) is 0 Å². The highest BCUT2D eigenvalue weighted by atomic mass is 127. The molecule has 1 aliphatic rings. The number of ether oxygens (including phenoxy) is 1. The lowest BCUT2D eigenvalue weighted by atomic mass is 9.93. The molecule has 0 atom stereocenters. The minimum atomic E-state index is 0. The van der Waals surface area contributed by atoms with E-state index in [1.165, 1.54) is 0 Å². The monoisotopic (exact) mass is 426 g/mol. The second kappa shape index (κ2) is 12.9. The Balaban J connectivity index is 0.00000441. The van der Waals surface area contributed by atoms with Crippen molar-refractivity contribution in [2.24, 2.45) is 10.9 Å². The highest BCUT2D eigenvalue weighted by Gasteiger charge is 2.22. The van der Waals surface area contributed by atoms with Gasteiger partial charge in [0.05, 0.1) is 0 Å². The van der Waals surface area contributed by atoms with Gasteiger partial charge in [-0.1, -0.05) is 0 Å². The molecule has 1 heterocycles. The summed E-state index contributed by atoms with van der Waals surface area (Å²) in [6, 6.07) is 0. The maximum Gasteiger partial charge on any atom is 0.220 e. The first-order valence-electron chi connectivity index (χ1n) is 7.95. The minimum Gasteiger partial charge on any atom is -0.382 e. The van der Waals surface area contributed by atoms with Gasteiger partial charge in [0.2, 0.25) is 5.91 Å². The van der Waals surface area contributed by atoms with Crippen molar-refractivity contribution in [3.8, 4) is 0 Å². The number of piperidine rings is 1. The van der Waals surface area contributed by atoms with Crippen LogP contribution in [-0.4, -0.2) is 63.7 Å². The summed E-state index contributed by atoms with van der Waals surface area (Å²) in [7, 11) is 3.52. The third-order valence-corrected chi connectivity index (χ3v) is 3.83. The van der Waals surface area contributed by atoms with Gasteiger partial charge in [0.1, 0.15) is 0 Å². The van der Waals surface area contributed by atoms with Crippen LogP contribution in [-0.2, 0) is 9.53 Å². The second-order valence-corrected chi connectivity index (χ2v) is 5.33. The van der Waals surface area contributed by atoms with Crippen molar-refractivity contribution in [1.82, 2.24) is 15.5 Å². The maximum atomic E-state index is 11.4. The molecule has 0 saturated carbocycles. The molecule has 2 N–H and O–H groups in total. The molecule has 0 aromatic rings. The van der Waals surface area contributed by atoms with Crippen LogP contribution in [0.1, 0.15) is 32.6 Å². The van der Waals surface area contributed by atoms with Gasteiger partial charge in [-0.3, -0.25) is 9.79 Å². The average molecular weight is 426 g/mol. The molecule has 0 radical (unpaired) electrons. The number of rotatable bonds is 7. The van der Waals surface area contributed by atoms with Crippen molar-refractivity contribution < 1.29 is 9.53 Å². The predicted molar refractivity (Wildman–Crippen MR) is 101 cm³/mol. The molecular weight excluding hydrogens is 395 g/mol. The molecule has 22 heavy (non-hydrogen) atoms. The van der Waals surface area contributed by atoms with Crippen molar-refractivity contribution in [2.75, 3.05) is 46.9 Å². The van der Waals surface area contributed by atoms with Crippen LogP contribution in [0.3, 0.4) is 0 Å². The summed E-state index contributed by atoms with van der Waals surface area (Å²) in [5.41, 5.74) is 0. The molecule has 1 rings (SSSR count). The lowest BCUT2D eigenvalue weighted by Crippen LogP contribution is -2.46. The SMILES string of the molecule is CCOCCCNC(=NC)N1CCC(CC(=O)NC)CC1.I. The van der Waals surface area contributed by atoms with Gasteiger partial charge in [0, 0.05) is 53.4 Å². The topological polar surface area (TPSA) is 66.0 Å². The number of guanidine groups is 1. The van der Waals surface area contributed by atoms with E-state index >= 15 is 0 Å². The van der Waals surface area contributed by atoms with Gasteiger partial charge >= 0.3 is 0 Å². The van der Waals surface area contributed by atoms with Gasteiger partial charge in [-0.25, -0.2) is 0 Å². The maximum absolute atomic E-state index is 11.4. The summed E-state index contributed by atoms with van der Waals surface area (Å²) in [5, 5.41) is 6.08. The Morgan fingerprint density at radius 1 is 1.36 bits per heavy atom. The van der Waals surface area contributed by atoms with Crippen molar-refractivity contribution in [1.29, 1.82) is 0 Å². The number of nitrogens with zero attached hydrogens (tertiary/aromatic N) is 2. The zero-order valence-corrected chi connectivity index (χ0v) is 16.4. The molecule has 0 aromatic carbocycles. The van der Waals surface area contributed by atoms with Gasteiger partial charge in [0.25, 0.3) is 0 Å². The van der Waals surface area contributed by atoms with Crippen molar-refractivity contribution >= 4 is 35.8 Å². The highest BCUT2D eigenvalue weighted by molar-refractivity contribution is 14.0. The predicted octanol–water partition coefficient (Wildman–Crippen LogP) is 1.45. The smallest absolute Gasteiger partial charge is 0.220 e. The number of likely N-dealkylation sites (tertiary alicyclic amines) is 1. The number of hydrogen-bond acceptors (Lipinski definition) is 3. The average Bonchev–Trinajstić information content (AvgIpc) is 2.52. The number of nitrogens with one attached hydrogen (secondary N) is 2. The molecule has 1 aliphatic heterocycles. The van der Waals surface area contributed by atoms with Crippen LogP contribution in [0.15, 0.2) is 4.99 Å². The zero-order valence-electron chi connectivity index (χ0n) is 14.1. The van der Waals surface area contributed by atoms with Crippen LogP contribution in [0, 0.1) is 5.92 Å². The van der Waals surface area contributed by atoms with Crippen molar-refractivity contribution in [3.63, 3.8) is 0 Å². The Bertz CT molecular complexity index is 332. The molecule has 1 fully saturated rings. The molecular formula is C15H31IN4O2. The van der Waals surface area contributed by atoms with E-state index < -0.39 is 0 Å². The van der Waals surface area contributed by atoms with Gasteiger partial charge in [-0.15, -0.1) is 24.0 Å². The Labute approximate surface area is 151 Å². The molecule has 1 amide bonds. The first kappa shape index (κ1) is 21.4. The standard InChI is InChI=1S/C15H30N4O2.HI/c1-4-21-11-5-8-18-15(17-3)19-9-6-13(7-10-19)12-14(20)16-2;/h13H,4-12H2,1-3H3,(H,16,20)(H,17,18);1H. The van der Waals surface area contributed by atoms with E-state index in [0.717, 1.165) is 58.1 Å². The number of hydrogen-bond donors (Lipinski definition) is 2. The molecule has 0 spiro atoms. The summed E-state index contributed by atoms with van der Waals surface area (Å²) in [5.74, 6) is 1.61. The van der Waals surface area contributed by atoms with E-state index in [4.69, 9.17) is 4.74 Å². The Morgan fingerprint density at radius 2 is 2.05 bits per heavy atom. The van der Waals surface area contributed by atoms with Crippen LogP contribution >= 0.6 is 24.0 Å². The van der Waals surface area contributed by atoms with E-state index in [2.05, 4.69) is 20.5 Å². The summed E-state index contributed by atoms with van der Waals surface area (Å²) >= 11 is 0. The molecule has 0 bridgehead atoms. The largest absolute Gasteiger partial charge is 0.382 e. The lowest BCUT2D eigenvalue weighted by molar-refractivity contribution is -0.121. The third-order valence-electron chi connectivity index (χ3n) is 3.83. The van der Waals surface area contributed by atoms with Crippen LogP contribution in [0.25, 0.3) is 0 Å². The summed E-state index contributed by atoms with van der Waals surface area (Å²) in [6.07, 6.45) is 3.73. The van der Waals surface area contributed by atoms with Crippen LogP contribution in [0.4, 0.5) is 0 Å². The van der Waals surface area contributed by atoms with Crippen LogP contribution in [0.2, 0.25) is 0 Å². The van der Waals surface area contributed by atoms with E-state index in [9.17, 15) is 4.79 Å². The Kier molecular flexibility index (Phi) is 12.6. The van der Waals surface area contributed by atoms with Gasteiger partial charge in [-0.2, -0.15) is 0 Å². The number of carbonyl (C=O) groups is 1. The fourth-order valence-electron chi connectivity index (χ4n) is 2.56.